The smallest absolute Gasteiger partial charge is 0.308 e. The Hall–Kier alpha value is -1.43. The van der Waals surface area contributed by atoms with Crippen LogP contribution in [0.4, 0.5) is 0 Å². The number of amides is 1. The van der Waals surface area contributed by atoms with Crippen LogP contribution in [0.1, 0.15) is 19.0 Å². The van der Waals surface area contributed by atoms with E-state index < -0.39 is 11.9 Å². The van der Waals surface area contributed by atoms with Gasteiger partial charge in [0.2, 0.25) is 5.91 Å². The largest absolute Gasteiger partial charge is 0.481 e. The second-order valence-electron chi connectivity index (χ2n) is 4.70. The van der Waals surface area contributed by atoms with Gasteiger partial charge in [0, 0.05) is 24.9 Å². The molecule has 1 aromatic rings. The molecule has 2 atom stereocenters. The third-order valence-corrected chi connectivity index (χ3v) is 4.00. The first-order chi connectivity index (χ1) is 8.58. The molecule has 2 rings (SSSR count). The number of aliphatic carboxylic acids is 1. The molecule has 0 saturated carbocycles. The Bertz CT molecular complexity index is 433. The molecule has 6 heteroatoms. The minimum absolute atomic E-state index is 0.0265. The molecule has 2 heterocycles. The van der Waals surface area contributed by atoms with Crippen LogP contribution in [0.25, 0.3) is 0 Å². The average molecular weight is 268 g/mol. The van der Waals surface area contributed by atoms with Gasteiger partial charge in [0.15, 0.2) is 0 Å². The molecule has 1 N–H and O–H groups in total. The van der Waals surface area contributed by atoms with Crippen molar-refractivity contribution < 1.29 is 14.7 Å². The maximum Gasteiger partial charge on any atom is 0.308 e. The van der Waals surface area contributed by atoms with Crippen LogP contribution >= 0.6 is 11.3 Å². The first-order valence-electron chi connectivity index (χ1n) is 5.95. The minimum atomic E-state index is -0.808. The van der Waals surface area contributed by atoms with E-state index in [-0.39, 0.29) is 11.8 Å². The SMILES string of the molecule is C[C@@H]1CN(C(=O)CCc2cscn2)C[C@H]1C(=O)O. The number of aromatic nitrogens is 1. The molecule has 1 saturated heterocycles. The maximum atomic E-state index is 12.0. The van der Waals surface area contributed by atoms with Crippen LogP contribution in [-0.4, -0.2) is 40.0 Å². The predicted octanol–water partition coefficient (Wildman–Crippen LogP) is 1.25. The van der Waals surface area contributed by atoms with Crippen molar-refractivity contribution in [1.82, 2.24) is 9.88 Å². The summed E-state index contributed by atoms with van der Waals surface area (Å²) in [6, 6.07) is 0. The molecule has 1 aliphatic rings. The molecule has 1 aliphatic heterocycles. The minimum Gasteiger partial charge on any atom is -0.481 e. The molecule has 0 bridgehead atoms. The Balaban J connectivity index is 1.85. The topological polar surface area (TPSA) is 70.5 Å². The summed E-state index contributed by atoms with van der Waals surface area (Å²) in [6.07, 6.45) is 1.04. The van der Waals surface area contributed by atoms with Crippen LogP contribution in [0.3, 0.4) is 0 Å². The van der Waals surface area contributed by atoms with Crippen molar-refractivity contribution in [1.29, 1.82) is 0 Å². The number of carbonyl (C=O) groups is 2. The van der Waals surface area contributed by atoms with Crippen LogP contribution in [0.2, 0.25) is 0 Å². The maximum absolute atomic E-state index is 12.0. The summed E-state index contributed by atoms with van der Waals surface area (Å²) >= 11 is 1.51. The van der Waals surface area contributed by atoms with Crippen LogP contribution in [0.5, 0.6) is 0 Å². The van der Waals surface area contributed by atoms with Crippen molar-refractivity contribution in [2.75, 3.05) is 13.1 Å². The number of nitrogens with zero attached hydrogens (tertiary/aromatic N) is 2. The Labute approximate surface area is 109 Å². The lowest BCUT2D eigenvalue weighted by atomic mass is 9.99. The quantitative estimate of drug-likeness (QED) is 0.892. The zero-order valence-electron chi connectivity index (χ0n) is 10.2. The molecule has 1 aromatic heterocycles. The summed E-state index contributed by atoms with van der Waals surface area (Å²) in [6.45, 7) is 2.77. The molecule has 0 spiro atoms. The molecule has 0 radical (unpaired) electrons. The lowest BCUT2D eigenvalue weighted by Gasteiger charge is -2.15. The fourth-order valence-electron chi connectivity index (χ4n) is 2.25. The number of rotatable bonds is 4. The first kappa shape index (κ1) is 13.0. The lowest BCUT2D eigenvalue weighted by molar-refractivity contribution is -0.142. The molecule has 0 aromatic carbocycles. The molecule has 1 amide bonds. The van der Waals surface area contributed by atoms with Crippen molar-refractivity contribution in [2.24, 2.45) is 11.8 Å². The van der Waals surface area contributed by atoms with Gasteiger partial charge in [-0.15, -0.1) is 11.3 Å². The second kappa shape index (κ2) is 5.48. The van der Waals surface area contributed by atoms with Gasteiger partial charge in [-0.2, -0.15) is 0 Å². The summed E-state index contributed by atoms with van der Waals surface area (Å²) in [5.41, 5.74) is 2.67. The van der Waals surface area contributed by atoms with Gasteiger partial charge in [-0.05, 0) is 12.3 Å². The van der Waals surface area contributed by atoms with E-state index in [1.165, 1.54) is 11.3 Å². The number of carboxylic acid groups (broad SMARTS) is 1. The Kier molecular flexibility index (Phi) is 3.96. The van der Waals surface area contributed by atoms with E-state index >= 15 is 0 Å². The average Bonchev–Trinajstić information content (AvgIpc) is 2.94. The number of likely N-dealkylation sites (tertiary alicyclic amines) is 1. The number of hydrogen-bond donors (Lipinski definition) is 1. The van der Waals surface area contributed by atoms with Crippen molar-refractivity contribution in [2.45, 2.75) is 19.8 Å². The van der Waals surface area contributed by atoms with Crippen molar-refractivity contribution in [3.63, 3.8) is 0 Å². The summed E-state index contributed by atoms with van der Waals surface area (Å²) in [5, 5.41) is 10.9. The first-order valence-corrected chi connectivity index (χ1v) is 6.90. The molecule has 0 unspecified atom stereocenters. The Morgan fingerprint density at radius 2 is 2.33 bits per heavy atom. The van der Waals surface area contributed by atoms with Crippen LogP contribution in [0, 0.1) is 11.8 Å². The van der Waals surface area contributed by atoms with Gasteiger partial charge in [0.1, 0.15) is 0 Å². The zero-order valence-corrected chi connectivity index (χ0v) is 11.0. The molecular weight excluding hydrogens is 252 g/mol. The summed E-state index contributed by atoms with van der Waals surface area (Å²) in [5.74, 6) is -1.17. The van der Waals surface area contributed by atoms with Gasteiger partial charge in [0.25, 0.3) is 0 Å². The van der Waals surface area contributed by atoms with E-state index in [9.17, 15) is 9.59 Å². The van der Waals surface area contributed by atoms with Crippen LogP contribution in [0.15, 0.2) is 10.9 Å². The van der Waals surface area contributed by atoms with E-state index in [1.54, 1.807) is 10.4 Å². The van der Waals surface area contributed by atoms with E-state index in [2.05, 4.69) is 4.98 Å². The van der Waals surface area contributed by atoms with Crippen molar-refractivity contribution >= 4 is 23.2 Å². The Morgan fingerprint density at radius 1 is 1.56 bits per heavy atom. The molecule has 18 heavy (non-hydrogen) atoms. The third kappa shape index (κ3) is 2.87. The number of thiazole rings is 1. The van der Waals surface area contributed by atoms with Gasteiger partial charge in [-0.1, -0.05) is 6.92 Å². The normalized spacial score (nSPS) is 23.3. The Morgan fingerprint density at radius 3 is 2.89 bits per heavy atom. The lowest BCUT2D eigenvalue weighted by Crippen LogP contribution is -2.30. The number of carboxylic acids is 1. The van der Waals surface area contributed by atoms with Gasteiger partial charge < -0.3 is 10.0 Å². The number of hydrogen-bond acceptors (Lipinski definition) is 4. The standard InChI is InChI=1S/C12H16N2O3S/c1-8-4-14(5-10(8)12(16)17)11(15)3-2-9-6-18-7-13-9/h6-8,10H,2-5H2,1H3,(H,16,17)/t8-,10-/m1/s1. The van der Waals surface area contributed by atoms with Crippen molar-refractivity contribution in [3.8, 4) is 0 Å². The predicted molar refractivity (Wildman–Crippen MR) is 67.3 cm³/mol. The molecule has 0 aliphatic carbocycles. The van der Waals surface area contributed by atoms with Crippen molar-refractivity contribution in [3.05, 3.63) is 16.6 Å². The molecule has 98 valence electrons. The fourth-order valence-corrected chi connectivity index (χ4v) is 2.84. The van der Waals surface area contributed by atoms with Gasteiger partial charge >= 0.3 is 5.97 Å². The summed E-state index contributed by atoms with van der Waals surface area (Å²) in [7, 11) is 0. The molecular formula is C12H16N2O3S. The zero-order chi connectivity index (χ0) is 13.1. The van der Waals surface area contributed by atoms with E-state index in [4.69, 9.17) is 5.11 Å². The van der Waals surface area contributed by atoms with Gasteiger partial charge in [0.05, 0.1) is 17.1 Å². The molecule has 5 nitrogen and oxygen atoms in total. The fraction of sp³-hybridized carbons (Fsp3) is 0.583. The summed E-state index contributed by atoms with van der Waals surface area (Å²) < 4.78 is 0. The number of carbonyl (C=O) groups excluding carboxylic acids is 1. The van der Waals surface area contributed by atoms with E-state index in [0.29, 0.717) is 25.9 Å². The highest BCUT2D eigenvalue weighted by Crippen LogP contribution is 2.23. The van der Waals surface area contributed by atoms with Crippen LogP contribution in [-0.2, 0) is 16.0 Å². The van der Waals surface area contributed by atoms with Gasteiger partial charge in [-0.25, -0.2) is 4.98 Å². The van der Waals surface area contributed by atoms with E-state index in [1.807, 2.05) is 12.3 Å². The highest BCUT2D eigenvalue weighted by molar-refractivity contribution is 7.07. The highest BCUT2D eigenvalue weighted by Gasteiger charge is 2.36. The highest BCUT2D eigenvalue weighted by atomic mass is 32.1. The monoisotopic (exact) mass is 268 g/mol. The van der Waals surface area contributed by atoms with E-state index in [0.717, 1.165) is 5.69 Å². The van der Waals surface area contributed by atoms with Gasteiger partial charge in [-0.3, -0.25) is 9.59 Å². The third-order valence-electron chi connectivity index (χ3n) is 3.36. The summed E-state index contributed by atoms with van der Waals surface area (Å²) in [4.78, 5) is 28.7. The molecule has 1 fully saturated rings. The number of aryl methyl sites for hydroxylation is 1. The second-order valence-corrected chi connectivity index (χ2v) is 5.42. The van der Waals surface area contributed by atoms with Crippen LogP contribution < -0.4 is 0 Å².